The van der Waals surface area contributed by atoms with Crippen molar-refractivity contribution in [3.63, 3.8) is 0 Å². The first-order valence-corrected chi connectivity index (χ1v) is 6.78. The zero-order valence-corrected chi connectivity index (χ0v) is 11.8. The number of alkyl halides is 1. The standard InChI is InChI=1S/C15H22FNO2/c1-10(16)12-7-14(18-2)15(19-3)8-13(12)11-5-4-6-17-9-11/h7-8,10-11,17H,4-6,9H2,1-3H3. The van der Waals surface area contributed by atoms with Crippen LogP contribution in [-0.4, -0.2) is 27.3 Å². The van der Waals surface area contributed by atoms with Gasteiger partial charge in [0.05, 0.1) is 14.2 Å². The lowest BCUT2D eigenvalue weighted by Gasteiger charge is -2.26. The van der Waals surface area contributed by atoms with Gasteiger partial charge in [0, 0.05) is 6.54 Å². The van der Waals surface area contributed by atoms with Crippen LogP contribution < -0.4 is 14.8 Å². The molecule has 3 nitrogen and oxygen atoms in total. The van der Waals surface area contributed by atoms with E-state index in [0.29, 0.717) is 23.0 Å². The fourth-order valence-electron chi connectivity index (χ4n) is 2.73. The zero-order valence-electron chi connectivity index (χ0n) is 11.8. The van der Waals surface area contributed by atoms with Crippen LogP contribution in [0.15, 0.2) is 12.1 Å². The van der Waals surface area contributed by atoms with Crippen molar-refractivity contribution in [1.29, 1.82) is 0 Å². The van der Waals surface area contributed by atoms with Gasteiger partial charge in [0.2, 0.25) is 0 Å². The largest absolute Gasteiger partial charge is 0.493 e. The van der Waals surface area contributed by atoms with Gasteiger partial charge in [0.1, 0.15) is 6.17 Å². The second kappa shape index (κ2) is 6.24. The molecule has 0 aromatic heterocycles. The van der Waals surface area contributed by atoms with Gasteiger partial charge in [0.25, 0.3) is 0 Å². The van der Waals surface area contributed by atoms with E-state index in [9.17, 15) is 4.39 Å². The third-order valence-corrected chi connectivity index (χ3v) is 3.75. The summed E-state index contributed by atoms with van der Waals surface area (Å²) < 4.78 is 24.5. The van der Waals surface area contributed by atoms with Gasteiger partial charge in [0.15, 0.2) is 11.5 Å². The average Bonchev–Trinajstić information content (AvgIpc) is 2.46. The van der Waals surface area contributed by atoms with Crippen LogP contribution in [0, 0.1) is 0 Å². The highest BCUT2D eigenvalue weighted by atomic mass is 19.1. The molecule has 1 aromatic carbocycles. The number of rotatable bonds is 4. The summed E-state index contributed by atoms with van der Waals surface area (Å²) in [7, 11) is 3.19. The Kier molecular flexibility index (Phi) is 4.64. The summed E-state index contributed by atoms with van der Waals surface area (Å²) in [6.07, 6.45) is 1.21. The van der Waals surface area contributed by atoms with Gasteiger partial charge >= 0.3 is 0 Å². The molecule has 2 rings (SSSR count). The molecule has 0 saturated carbocycles. The quantitative estimate of drug-likeness (QED) is 0.908. The molecular weight excluding hydrogens is 245 g/mol. The number of nitrogens with one attached hydrogen (secondary N) is 1. The SMILES string of the molecule is COc1cc(C(C)F)c(C2CCCNC2)cc1OC. The van der Waals surface area contributed by atoms with Gasteiger partial charge in [-0.3, -0.25) is 0 Å². The Morgan fingerprint density at radius 3 is 2.47 bits per heavy atom. The van der Waals surface area contributed by atoms with Crippen LogP contribution >= 0.6 is 0 Å². The van der Waals surface area contributed by atoms with Gasteiger partial charge in [-0.05, 0) is 55.5 Å². The minimum atomic E-state index is -1.00. The Balaban J connectivity index is 2.43. The molecule has 0 amide bonds. The molecule has 1 fully saturated rings. The molecule has 2 unspecified atom stereocenters. The minimum Gasteiger partial charge on any atom is -0.493 e. The predicted octanol–water partition coefficient (Wildman–Crippen LogP) is 3.20. The Bertz CT molecular complexity index is 428. The first-order valence-electron chi connectivity index (χ1n) is 6.78. The number of hydrogen-bond donors (Lipinski definition) is 1. The summed E-state index contributed by atoms with van der Waals surface area (Å²) in [5, 5.41) is 3.37. The predicted molar refractivity (Wildman–Crippen MR) is 73.9 cm³/mol. The van der Waals surface area contributed by atoms with E-state index in [1.165, 1.54) is 0 Å². The topological polar surface area (TPSA) is 30.5 Å². The van der Waals surface area contributed by atoms with Crippen molar-refractivity contribution in [2.45, 2.75) is 31.9 Å². The van der Waals surface area contributed by atoms with Crippen molar-refractivity contribution < 1.29 is 13.9 Å². The van der Waals surface area contributed by atoms with Crippen molar-refractivity contribution in [3.8, 4) is 11.5 Å². The first-order chi connectivity index (χ1) is 9.17. The number of methoxy groups -OCH3 is 2. The van der Waals surface area contributed by atoms with Crippen LogP contribution in [0.1, 0.15) is 43.0 Å². The summed E-state index contributed by atoms with van der Waals surface area (Å²) in [5.41, 5.74) is 1.76. The smallest absolute Gasteiger partial charge is 0.161 e. The van der Waals surface area contributed by atoms with Crippen molar-refractivity contribution >= 4 is 0 Å². The number of piperidine rings is 1. The normalized spacial score (nSPS) is 20.9. The molecule has 0 radical (unpaired) electrons. The van der Waals surface area contributed by atoms with Gasteiger partial charge in [-0.1, -0.05) is 0 Å². The van der Waals surface area contributed by atoms with Gasteiger partial charge in [-0.2, -0.15) is 0 Å². The van der Waals surface area contributed by atoms with Crippen molar-refractivity contribution in [1.82, 2.24) is 5.32 Å². The van der Waals surface area contributed by atoms with Gasteiger partial charge in [-0.25, -0.2) is 4.39 Å². The van der Waals surface area contributed by atoms with E-state index in [1.807, 2.05) is 6.07 Å². The Morgan fingerprint density at radius 2 is 1.95 bits per heavy atom. The molecule has 0 bridgehead atoms. The van der Waals surface area contributed by atoms with E-state index < -0.39 is 6.17 Å². The lowest BCUT2D eigenvalue weighted by molar-refractivity contribution is 0.342. The third-order valence-electron chi connectivity index (χ3n) is 3.75. The fourth-order valence-corrected chi connectivity index (χ4v) is 2.73. The molecule has 1 aromatic rings. The Morgan fingerprint density at radius 1 is 1.26 bits per heavy atom. The summed E-state index contributed by atoms with van der Waals surface area (Å²) in [5.74, 6) is 1.61. The maximum atomic E-state index is 13.9. The van der Waals surface area contributed by atoms with Crippen molar-refractivity contribution in [2.24, 2.45) is 0 Å². The fraction of sp³-hybridized carbons (Fsp3) is 0.600. The second-order valence-electron chi connectivity index (χ2n) is 5.00. The van der Waals surface area contributed by atoms with E-state index in [0.717, 1.165) is 31.5 Å². The van der Waals surface area contributed by atoms with E-state index in [-0.39, 0.29) is 0 Å². The van der Waals surface area contributed by atoms with E-state index in [2.05, 4.69) is 5.32 Å². The molecule has 1 aliphatic heterocycles. The number of ether oxygens (including phenoxy) is 2. The third kappa shape index (κ3) is 3.00. The first kappa shape index (κ1) is 14.1. The Hall–Kier alpha value is -1.29. The summed E-state index contributed by atoms with van der Waals surface area (Å²) in [6, 6.07) is 3.70. The molecule has 0 spiro atoms. The molecule has 1 aliphatic rings. The molecule has 19 heavy (non-hydrogen) atoms. The van der Waals surface area contributed by atoms with Crippen LogP contribution in [0.3, 0.4) is 0 Å². The maximum Gasteiger partial charge on any atom is 0.161 e. The molecule has 4 heteroatoms. The maximum absolute atomic E-state index is 13.9. The number of hydrogen-bond acceptors (Lipinski definition) is 3. The molecule has 0 aliphatic carbocycles. The lowest BCUT2D eigenvalue weighted by atomic mass is 9.87. The highest BCUT2D eigenvalue weighted by Gasteiger charge is 2.23. The molecule has 2 atom stereocenters. The van der Waals surface area contributed by atoms with Gasteiger partial charge < -0.3 is 14.8 Å². The number of halogens is 1. The molecule has 1 N–H and O–H groups in total. The lowest BCUT2D eigenvalue weighted by Crippen LogP contribution is -2.29. The van der Waals surface area contributed by atoms with Crippen molar-refractivity contribution in [3.05, 3.63) is 23.3 Å². The zero-order chi connectivity index (χ0) is 13.8. The molecule has 1 heterocycles. The summed E-state index contributed by atoms with van der Waals surface area (Å²) in [6.45, 7) is 3.51. The number of benzene rings is 1. The Labute approximate surface area is 114 Å². The highest BCUT2D eigenvalue weighted by Crippen LogP contribution is 2.39. The summed E-state index contributed by atoms with van der Waals surface area (Å²) in [4.78, 5) is 0. The monoisotopic (exact) mass is 267 g/mol. The second-order valence-corrected chi connectivity index (χ2v) is 5.00. The van der Waals surface area contributed by atoms with Crippen LogP contribution in [0.25, 0.3) is 0 Å². The van der Waals surface area contributed by atoms with Crippen LogP contribution in [0.2, 0.25) is 0 Å². The summed E-state index contributed by atoms with van der Waals surface area (Å²) >= 11 is 0. The van der Waals surface area contributed by atoms with E-state index >= 15 is 0 Å². The molecule has 1 saturated heterocycles. The van der Waals surface area contributed by atoms with Crippen LogP contribution in [0.4, 0.5) is 4.39 Å². The highest BCUT2D eigenvalue weighted by molar-refractivity contribution is 5.49. The van der Waals surface area contributed by atoms with Crippen molar-refractivity contribution in [2.75, 3.05) is 27.3 Å². The van der Waals surface area contributed by atoms with Gasteiger partial charge in [-0.15, -0.1) is 0 Å². The molecule has 106 valence electrons. The van der Waals surface area contributed by atoms with E-state index in [4.69, 9.17) is 9.47 Å². The van der Waals surface area contributed by atoms with E-state index in [1.54, 1.807) is 27.2 Å². The minimum absolute atomic E-state index is 0.349. The molecular formula is C15H22FNO2. The average molecular weight is 267 g/mol. The van der Waals surface area contributed by atoms with Crippen LogP contribution in [0.5, 0.6) is 11.5 Å². The van der Waals surface area contributed by atoms with Crippen LogP contribution in [-0.2, 0) is 0 Å².